The number of nitrogens with zero attached hydrogens (tertiary/aromatic N) is 11. The molecule has 0 radical (unpaired) electrons. The average Bonchev–Trinajstić information content (AvgIpc) is 3.17. The fourth-order valence-electron chi connectivity index (χ4n) is 12.5. The van der Waals surface area contributed by atoms with E-state index in [1.54, 1.807) is 73.7 Å². The molecule has 0 N–H and O–H groups in total. The molecule has 1 aliphatic heterocycles. The first-order chi connectivity index (χ1) is 41.6. The number of hydrogen-bond donors (Lipinski definition) is 0. The fourth-order valence-corrected chi connectivity index (χ4v) is 12.5. The van der Waals surface area contributed by atoms with Gasteiger partial charge in [0.25, 0.3) is 0 Å². The van der Waals surface area contributed by atoms with Gasteiger partial charge in [-0.15, -0.1) is 0 Å². The molecule has 1 aliphatic rings. The van der Waals surface area contributed by atoms with Crippen LogP contribution >= 0.6 is 0 Å². The molecule has 2 aromatic heterocycles. The number of rotatable bonds is 5. The highest BCUT2D eigenvalue weighted by Crippen LogP contribution is 2.52. The van der Waals surface area contributed by atoms with Crippen molar-refractivity contribution in [3.8, 4) is 69.0 Å². The zero-order valence-electron chi connectivity index (χ0n) is 44.8. The van der Waals surface area contributed by atoms with Gasteiger partial charge in [-0.1, -0.05) is 78.9 Å². The molecule has 0 aliphatic carbocycles. The van der Waals surface area contributed by atoms with Gasteiger partial charge in [-0.05, 0) is 165 Å². The molecular formula is C72H32F3N11. The number of hydrogen-bond acceptors (Lipinski definition) is 4. The first-order valence-electron chi connectivity index (χ1n) is 26.3. The first kappa shape index (κ1) is 52.4. The topological polar surface area (TPSA) is 127 Å². The van der Waals surface area contributed by atoms with E-state index in [9.17, 15) is 34.2 Å². The molecule has 86 heavy (non-hydrogen) atoms. The van der Waals surface area contributed by atoms with Gasteiger partial charge in [0.1, 0.15) is 0 Å². The maximum Gasteiger partial charge on any atom is 0.416 e. The number of halogens is 3. The summed E-state index contributed by atoms with van der Waals surface area (Å²) in [4.78, 5) is 18.9. The molecule has 10 aromatic carbocycles. The van der Waals surface area contributed by atoms with Crippen molar-refractivity contribution >= 4 is 72.0 Å². The van der Waals surface area contributed by atoms with Crippen LogP contribution in [0.3, 0.4) is 0 Å². The minimum absolute atomic E-state index is 0.0138. The predicted molar refractivity (Wildman–Crippen MR) is 323 cm³/mol. The summed E-state index contributed by atoms with van der Waals surface area (Å²) >= 11 is 0. The van der Waals surface area contributed by atoms with E-state index in [0.29, 0.717) is 105 Å². The van der Waals surface area contributed by atoms with Crippen molar-refractivity contribution in [3.05, 3.63) is 289 Å². The van der Waals surface area contributed by atoms with Crippen molar-refractivity contribution < 1.29 is 13.2 Å². The molecule has 1 atom stereocenters. The normalized spacial score (nSPS) is 13.1. The minimum atomic E-state index is -4.75. The number of fused-ring (bicyclic) bond motifs is 11. The van der Waals surface area contributed by atoms with E-state index in [4.69, 9.17) is 32.9 Å². The van der Waals surface area contributed by atoms with Gasteiger partial charge in [0.2, 0.25) is 0 Å². The lowest BCUT2D eigenvalue weighted by molar-refractivity contribution is -0.137. The van der Waals surface area contributed by atoms with E-state index >= 15 is 0 Å². The lowest BCUT2D eigenvalue weighted by Gasteiger charge is -2.37. The maximum absolute atomic E-state index is 14.9. The van der Waals surface area contributed by atoms with Crippen LogP contribution in [0.2, 0.25) is 0 Å². The quantitative estimate of drug-likeness (QED) is 0.159. The van der Waals surface area contributed by atoms with Crippen LogP contribution in [0.4, 0.5) is 41.6 Å². The van der Waals surface area contributed by atoms with Crippen LogP contribution in [-0.4, -0.2) is 9.13 Å². The Hall–Kier alpha value is -13.0. The van der Waals surface area contributed by atoms with E-state index in [1.807, 2.05) is 81.9 Å². The molecule has 0 spiro atoms. The van der Waals surface area contributed by atoms with E-state index in [2.05, 4.69) is 48.5 Å². The molecule has 1 unspecified atom stereocenters. The zero-order chi connectivity index (χ0) is 59.9. The zero-order valence-corrected chi connectivity index (χ0v) is 44.8. The van der Waals surface area contributed by atoms with E-state index in [0.717, 1.165) is 12.1 Å². The molecular weight excluding hydrogens is 1080 g/mol. The average molecular weight is 1110 g/mol. The lowest BCUT2D eigenvalue weighted by Crippen LogP contribution is -2.31. The van der Waals surface area contributed by atoms with Crippen molar-refractivity contribution in [1.29, 1.82) is 21.0 Å². The Labute approximate surface area is 489 Å². The highest BCUT2D eigenvalue weighted by Gasteiger charge is 2.41. The standard InChI is InChI=1S/C72H32F3N11/c1-40-15-49(24-54(16-40)72(73,74)75)63-34-69-70(35-64(63)84-6)86-66-29-46(48-26-57(82-4)33-58(27-48)83-5)8-12-60(66)62-14-10-51(32-68(62)86)71(52-19-41(36-76)17-42(20-52)37-77,53-21-44(39-79)23-56(30-53)81-3)50-9-13-61-59-11-7-45(28-65(59)85(69)67(61)31-50)47-18-43(38-78)22-55(25-47)80-2/h7-35H,1H3. The van der Waals surface area contributed by atoms with Crippen LogP contribution in [0.5, 0.6) is 0 Å². The lowest BCUT2D eigenvalue weighted by atomic mass is 9.64. The summed E-state index contributed by atoms with van der Waals surface area (Å²) in [7, 11) is 0. The van der Waals surface area contributed by atoms with Crippen LogP contribution in [0, 0.1) is 85.1 Å². The Balaban J connectivity index is 1.30. The third kappa shape index (κ3) is 8.12. The number of aromatic nitrogens is 2. The Morgan fingerprint density at radius 2 is 0.814 bits per heavy atom. The summed E-state index contributed by atoms with van der Waals surface area (Å²) in [6, 6.07) is 58.6. The number of nitriles is 4. The highest BCUT2D eigenvalue weighted by molar-refractivity contribution is 6.14. The summed E-state index contributed by atoms with van der Waals surface area (Å²) in [5.41, 5.74) is 7.10. The van der Waals surface area contributed by atoms with Crippen molar-refractivity contribution in [2.75, 3.05) is 0 Å². The van der Waals surface area contributed by atoms with Crippen LogP contribution < -0.4 is 0 Å². The first-order valence-corrected chi connectivity index (χ1v) is 26.3. The van der Waals surface area contributed by atoms with Gasteiger partial charge in [-0.2, -0.15) is 34.2 Å². The van der Waals surface area contributed by atoms with Gasteiger partial charge in [0.05, 0.1) is 113 Å². The van der Waals surface area contributed by atoms with Crippen molar-refractivity contribution in [3.63, 3.8) is 0 Å². The van der Waals surface area contributed by atoms with Crippen molar-refractivity contribution in [1.82, 2.24) is 9.13 Å². The summed E-state index contributed by atoms with van der Waals surface area (Å²) < 4.78 is 48.6. The molecule has 3 heterocycles. The largest absolute Gasteiger partial charge is 0.416 e. The second kappa shape index (κ2) is 19.6. The van der Waals surface area contributed by atoms with E-state index in [1.165, 1.54) is 24.3 Å². The van der Waals surface area contributed by atoms with Crippen molar-refractivity contribution in [2.24, 2.45) is 0 Å². The summed E-state index contributed by atoms with van der Waals surface area (Å²) in [6.45, 7) is 42.5. The van der Waals surface area contributed by atoms with Gasteiger partial charge in [-0.3, -0.25) is 0 Å². The molecule has 0 saturated heterocycles. The van der Waals surface area contributed by atoms with Crippen LogP contribution in [0.1, 0.15) is 55.6 Å². The molecule has 0 fully saturated rings. The number of alkyl halides is 3. The van der Waals surface area contributed by atoms with Crippen LogP contribution in [-0.2, 0) is 11.6 Å². The second-order valence-electron chi connectivity index (χ2n) is 20.9. The molecule has 11 nitrogen and oxygen atoms in total. The molecule has 12 aromatic rings. The molecule has 13 rings (SSSR count). The molecule has 4 bridgehead atoms. The summed E-state index contributed by atoms with van der Waals surface area (Å²) in [5.74, 6) is 0. The van der Waals surface area contributed by atoms with Gasteiger partial charge >= 0.3 is 6.18 Å². The Morgan fingerprint density at radius 3 is 1.30 bits per heavy atom. The summed E-state index contributed by atoms with van der Waals surface area (Å²) in [6.07, 6.45) is -4.75. The van der Waals surface area contributed by atoms with Crippen LogP contribution in [0.25, 0.3) is 113 Å². The second-order valence-corrected chi connectivity index (χ2v) is 20.9. The third-order valence-electron chi connectivity index (χ3n) is 16.0. The Bertz CT molecular complexity index is 5290. The monoisotopic (exact) mass is 1110 g/mol. The fraction of sp³-hybridized carbons (Fsp3) is 0.0417. The number of benzene rings is 10. The van der Waals surface area contributed by atoms with Gasteiger partial charge < -0.3 is 9.13 Å². The highest BCUT2D eigenvalue weighted by atomic mass is 19.4. The van der Waals surface area contributed by atoms with Gasteiger partial charge in [0, 0.05) is 32.7 Å². The van der Waals surface area contributed by atoms with Gasteiger partial charge in [-0.25, -0.2) is 24.2 Å². The molecule has 0 saturated carbocycles. The minimum Gasteiger partial charge on any atom is -0.308 e. The van der Waals surface area contributed by atoms with Gasteiger partial charge in [0.15, 0.2) is 28.4 Å². The Morgan fingerprint density at radius 1 is 0.384 bits per heavy atom. The van der Waals surface area contributed by atoms with Crippen LogP contribution in [0.15, 0.2) is 176 Å². The predicted octanol–water partition coefficient (Wildman–Crippen LogP) is 19.1. The van der Waals surface area contributed by atoms with Crippen molar-refractivity contribution in [2.45, 2.75) is 18.5 Å². The SMILES string of the molecule is [C-]#[N+]c1cc(C#N)cc(-c2ccc3c4ccc5cc4n(c3c2)-c2cc(-c3cc(C)cc(C(F)(F)F)c3)c([N+]#[C-])cc2-n2c3cc(-c4cc([N+]#[C-])cc([N+]#[C-])c4)ccc3c3ccc(cc32)C5(c2cc(C#N)cc(C#N)c2)c2cc(C#N)cc([N+]#[C-])c2)c1. The number of aryl methyl sites for hydroxylation is 1. The molecule has 14 heteroatoms. The third-order valence-corrected chi connectivity index (χ3v) is 16.0. The summed E-state index contributed by atoms with van der Waals surface area (Å²) in [5, 5.41) is 45.1. The smallest absolute Gasteiger partial charge is 0.308 e. The van der Waals surface area contributed by atoms with E-state index in [-0.39, 0.29) is 61.8 Å². The van der Waals surface area contributed by atoms with E-state index < -0.39 is 17.2 Å². The maximum atomic E-state index is 14.9. The Kier molecular flexibility index (Phi) is 12.0. The molecule has 396 valence electrons. The molecule has 0 amide bonds.